The van der Waals surface area contributed by atoms with Crippen LogP contribution in [0.3, 0.4) is 0 Å². The van der Waals surface area contributed by atoms with Crippen LogP contribution in [0.15, 0.2) is 33.5 Å². The summed E-state index contributed by atoms with van der Waals surface area (Å²) < 4.78 is 10.8. The standard InChI is InChI=1S/C14H15BrO3/c1-2-3-6-17-12-5-4-10-7-11(9-15)14(16)18-13(10)8-12/h4-5,7-8H,2-3,6,9H2,1H3. The molecule has 0 aliphatic carbocycles. The third kappa shape index (κ3) is 2.93. The molecule has 0 aliphatic heterocycles. The number of unbranched alkanes of at least 4 members (excludes halogenated alkanes) is 1. The van der Waals surface area contributed by atoms with Crippen molar-refractivity contribution in [1.82, 2.24) is 0 Å². The summed E-state index contributed by atoms with van der Waals surface area (Å²) in [5, 5.41) is 1.41. The first kappa shape index (κ1) is 13.1. The van der Waals surface area contributed by atoms with E-state index in [1.54, 1.807) is 6.07 Å². The lowest BCUT2D eigenvalue weighted by molar-refractivity contribution is 0.309. The lowest BCUT2D eigenvalue weighted by Crippen LogP contribution is -2.04. The van der Waals surface area contributed by atoms with Crippen LogP contribution in [0.5, 0.6) is 5.75 Å². The topological polar surface area (TPSA) is 39.4 Å². The molecule has 1 heterocycles. The Balaban J connectivity index is 2.31. The van der Waals surface area contributed by atoms with Crippen molar-refractivity contribution in [2.24, 2.45) is 0 Å². The van der Waals surface area contributed by atoms with Crippen molar-refractivity contribution >= 4 is 26.9 Å². The number of benzene rings is 1. The fraction of sp³-hybridized carbons (Fsp3) is 0.357. The molecular weight excluding hydrogens is 296 g/mol. The Labute approximate surface area is 114 Å². The van der Waals surface area contributed by atoms with Gasteiger partial charge in [0.2, 0.25) is 0 Å². The second-order valence-corrected chi connectivity index (χ2v) is 4.66. The SMILES string of the molecule is CCCCOc1ccc2cc(CBr)c(=O)oc2c1. The minimum absolute atomic E-state index is 0.301. The van der Waals surface area contributed by atoms with E-state index in [0.717, 1.165) is 24.0 Å². The summed E-state index contributed by atoms with van der Waals surface area (Å²) in [6.07, 6.45) is 2.11. The van der Waals surface area contributed by atoms with Crippen LogP contribution in [0, 0.1) is 0 Å². The van der Waals surface area contributed by atoms with Crippen molar-refractivity contribution in [1.29, 1.82) is 0 Å². The normalized spacial score (nSPS) is 10.8. The highest BCUT2D eigenvalue weighted by atomic mass is 79.9. The monoisotopic (exact) mass is 310 g/mol. The summed E-state index contributed by atoms with van der Waals surface area (Å²) in [5.41, 5.74) is 0.894. The third-order valence-corrected chi connectivity index (χ3v) is 3.29. The fourth-order valence-electron chi connectivity index (χ4n) is 1.65. The summed E-state index contributed by atoms with van der Waals surface area (Å²) in [4.78, 5) is 11.6. The van der Waals surface area contributed by atoms with Crippen LogP contribution in [0.4, 0.5) is 0 Å². The lowest BCUT2D eigenvalue weighted by Gasteiger charge is -2.06. The van der Waals surface area contributed by atoms with Gasteiger partial charge in [-0.3, -0.25) is 0 Å². The Hall–Kier alpha value is -1.29. The average molecular weight is 311 g/mol. The molecule has 0 unspecified atom stereocenters. The lowest BCUT2D eigenvalue weighted by atomic mass is 10.2. The molecule has 0 spiro atoms. The zero-order chi connectivity index (χ0) is 13.0. The van der Waals surface area contributed by atoms with Gasteiger partial charge in [-0.05, 0) is 24.6 Å². The number of hydrogen-bond donors (Lipinski definition) is 0. The zero-order valence-electron chi connectivity index (χ0n) is 10.2. The molecule has 18 heavy (non-hydrogen) atoms. The van der Waals surface area contributed by atoms with Gasteiger partial charge in [-0.1, -0.05) is 29.3 Å². The van der Waals surface area contributed by atoms with Crippen LogP contribution in [0.25, 0.3) is 11.0 Å². The van der Waals surface area contributed by atoms with Crippen molar-refractivity contribution in [3.05, 3.63) is 40.2 Å². The van der Waals surface area contributed by atoms with E-state index in [1.807, 2.05) is 18.2 Å². The Bertz CT molecular complexity index is 589. The Kier molecular flexibility index (Phi) is 4.42. The van der Waals surface area contributed by atoms with Gasteiger partial charge in [0, 0.05) is 22.3 Å². The maximum absolute atomic E-state index is 11.6. The number of alkyl halides is 1. The molecule has 4 heteroatoms. The number of halogens is 1. The highest BCUT2D eigenvalue weighted by Gasteiger charge is 2.05. The zero-order valence-corrected chi connectivity index (χ0v) is 11.8. The van der Waals surface area contributed by atoms with E-state index in [9.17, 15) is 4.79 Å². The second-order valence-electron chi connectivity index (χ2n) is 4.09. The molecular formula is C14H15BrO3. The van der Waals surface area contributed by atoms with Crippen LogP contribution < -0.4 is 10.4 Å². The summed E-state index contributed by atoms with van der Waals surface area (Å²) in [5.74, 6) is 0.741. The van der Waals surface area contributed by atoms with Gasteiger partial charge in [-0.15, -0.1) is 0 Å². The van der Waals surface area contributed by atoms with E-state index in [4.69, 9.17) is 9.15 Å². The highest BCUT2D eigenvalue weighted by Crippen LogP contribution is 2.21. The molecule has 0 aliphatic rings. The van der Waals surface area contributed by atoms with Crippen LogP contribution in [-0.4, -0.2) is 6.61 Å². The van der Waals surface area contributed by atoms with Gasteiger partial charge >= 0.3 is 5.63 Å². The largest absolute Gasteiger partial charge is 0.493 e. The Morgan fingerprint density at radius 3 is 2.89 bits per heavy atom. The van der Waals surface area contributed by atoms with Gasteiger partial charge in [0.15, 0.2) is 0 Å². The van der Waals surface area contributed by atoms with E-state index in [1.165, 1.54) is 0 Å². The minimum Gasteiger partial charge on any atom is -0.493 e. The van der Waals surface area contributed by atoms with Crippen molar-refractivity contribution in [3.63, 3.8) is 0 Å². The van der Waals surface area contributed by atoms with Gasteiger partial charge in [-0.25, -0.2) is 4.79 Å². The molecule has 96 valence electrons. The predicted molar refractivity (Wildman–Crippen MR) is 75.5 cm³/mol. The van der Waals surface area contributed by atoms with Crippen molar-refractivity contribution in [2.75, 3.05) is 6.61 Å². The molecule has 3 nitrogen and oxygen atoms in total. The maximum atomic E-state index is 11.6. The first-order chi connectivity index (χ1) is 8.74. The van der Waals surface area contributed by atoms with Crippen LogP contribution in [0.1, 0.15) is 25.3 Å². The van der Waals surface area contributed by atoms with Gasteiger partial charge in [0.05, 0.1) is 6.61 Å². The summed E-state index contributed by atoms with van der Waals surface area (Å²) in [7, 11) is 0. The average Bonchev–Trinajstić information content (AvgIpc) is 2.38. The minimum atomic E-state index is -0.301. The maximum Gasteiger partial charge on any atom is 0.340 e. The molecule has 0 amide bonds. The van der Waals surface area contributed by atoms with Crippen LogP contribution >= 0.6 is 15.9 Å². The van der Waals surface area contributed by atoms with E-state index in [2.05, 4.69) is 22.9 Å². The van der Waals surface area contributed by atoms with E-state index >= 15 is 0 Å². The van der Waals surface area contributed by atoms with Crippen molar-refractivity contribution < 1.29 is 9.15 Å². The molecule has 1 aromatic carbocycles. The number of rotatable bonds is 5. The Morgan fingerprint density at radius 2 is 2.17 bits per heavy atom. The summed E-state index contributed by atoms with van der Waals surface area (Å²) >= 11 is 3.27. The predicted octanol–water partition coefficient (Wildman–Crippen LogP) is 3.87. The molecule has 0 saturated heterocycles. The van der Waals surface area contributed by atoms with E-state index in [0.29, 0.717) is 23.1 Å². The van der Waals surface area contributed by atoms with Crippen molar-refractivity contribution in [2.45, 2.75) is 25.1 Å². The van der Waals surface area contributed by atoms with E-state index in [-0.39, 0.29) is 5.63 Å². The molecule has 2 rings (SSSR count). The van der Waals surface area contributed by atoms with Crippen molar-refractivity contribution in [3.8, 4) is 5.75 Å². The van der Waals surface area contributed by atoms with Gasteiger partial charge in [0.1, 0.15) is 11.3 Å². The molecule has 0 atom stereocenters. The molecule has 2 aromatic rings. The molecule has 0 bridgehead atoms. The van der Waals surface area contributed by atoms with Crippen LogP contribution in [0.2, 0.25) is 0 Å². The first-order valence-electron chi connectivity index (χ1n) is 6.00. The molecule has 0 saturated carbocycles. The third-order valence-electron chi connectivity index (χ3n) is 2.69. The number of ether oxygens (including phenoxy) is 1. The number of hydrogen-bond acceptors (Lipinski definition) is 3. The first-order valence-corrected chi connectivity index (χ1v) is 7.12. The second kappa shape index (κ2) is 6.05. The highest BCUT2D eigenvalue weighted by molar-refractivity contribution is 9.08. The quantitative estimate of drug-likeness (QED) is 0.478. The summed E-state index contributed by atoms with van der Waals surface area (Å²) in [6.45, 7) is 2.80. The fourth-order valence-corrected chi connectivity index (χ4v) is 2.04. The molecule has 0 fully saturated rings. The van der Waals surface area contributed by atoms with Gasteiger partial charge in [0.25, 0.3) is 0 Å². The summed E-state index contributed by atoms with van der Waals surface area (Å²) in [6, 6.07) is 7.41. The Morgan fingerprint density at radius 1 is 1.33 bits per heavy atom. The van der Waals surface area contributed by atoms with Crippen LogP contribution in [-0.2, 0) is 5.33 Å². The van der Waals surface area contributed by atoms with Gasteiger partial charge in [-0.2, -0.15) is 0 Å². The van der Waals surface area contributed by atoms with E-state index < -0.39 is 0 Å². The number of fused-ring (bicyclic) bond motifs is 1. The molecule has 1 aromatic heterocycles. The van der Waals surface area contributed by atoms with Gasteiger partial charge < -0.3 is 9.15 Å². The molecule has 0 radical (unpaired) electrons. The smallest absolute Gasteiger partial charge is 0.340 e. The molecule has 0 N–H and O–H groups in total.